The number of carbonyl (C=O) groups is 1. The van der Waals surface area contributed by atoms with Gasteiger partial charge in [-0.05, 0) is 154 Å². The highest BCUT2D eigenvalue weighted by atomic mass is 32.1. The van der Waals surface area contributed by atoms with Gasteiger partial charge in [-0.2, -0.15) is 24.3 Å². The zero-order valence-corrected chi connectivity index (χ0v) is 63.4. The van der Waals surface area contributed by atoms with E-state index in [-0.39, 0.29) is 12.3 Å². The fourth-order valence-electron chi connectivity index (χ4n) is 10.8. The Hall–Kier alpha value is -11.9. The molecule has 556 valence electrons. The topological polar surface area (TPSA) is 307 Å². The number of ether oxygens (including phenoxy) is 8. The Balaban J connectivity index is 0.000000174. The van der Waals surface area contributed by atoms with Gasteiger partial charge >= 0.3 is 0 Å². The predicted octanol–water partition coefficient (Wildman–Crippen LogP) is 13.2. The lowest BCUT2D eigenvalue weighted by molar-refractivity contribution is -0.119. The van der Waals surface area contributed by atoms with Gasteiger partial charge in [0.2, 0.25) is 29.6 Å². The number of hydrogen-bond donors (Lipinski definition) is 4. The number of anilines is 2. The quantitative estimate of drug-likeness (QED) is 0.0153. The van der Waals surface area contributed by atoms with Crippen molar-refractivity contribution in [2.75, 3.05) is 73.0 Å². The van der Waals surface area contributed by atoms with E-state index in [1.165, 1.54) is 19.6 Å². The number of para-hydroxylation sites is 3. The summed E-state index contributed by atoms with van der Waals surface area (Å²) in [4.78, 5) is 51.5. The number of nitrogens with one attached hydrogen (secondary N) is 3. The van der Waals surface area contributed by atoms with E-state index in [4.69, 9.17) is 53.8 Å². The Morgan fingerprint density at radius 2 is 1.06 bits per heavy atom. The summed E-state index contributed by atoms with van der Waals surface area (Å²) < 4.78 is 49.3. The molecule has 0 spiro atoms. The Kier molecular flexibility index (Phi) is 28.5. The molecule has 27 nitrogen and oxygen atoms in total. The number of aryl methyl sites for hydroxylation is 5. The third kappa shape index (κ3) is 22.1. The molecule has 1 amide bonds. The number of hydrazine groups is 1. The van der Waals surface area contributed by atoms with E-state index in [1.807, 2.05) is 159 Å². The average molecular weight is 1490 g/mol. The fourth-order valence-corrected chi connectivity index (χ4v) is 12.6. The average Bonchev–Trinajstić information content (AvgIpc) is 1.73. The second-order valence-electron chi connectivity index (χ2n) is 23.6. The van der Waals surface area contributed by atoms with Crippen molar-refractivity contribution < 1.29 is 42.7 Å². The minimum atomic E-state index is -0.187. The minimum Gasteiger partial charge on any atom is -0.497 e. The van der Waals surface area contributed by atoms with Gasteiger partial charge in [0.25, 0.3) is 0 Å². The number of thiazole rings is 2. The summed E-state index contributed by atoms with van der Waals surface area (Å²) in [6.07, 6.45) is 2.07. The summed E-state index contributed by atoms with van der Waals surface area (Å²) in [5.74, 6) is 14.0. The first-order chi connectivity index (χ1) is 52.2. The van der Waals surface area contributed by atoms with E-state index >= 15 is 0 Å². The first-order valence-corrected chi connectivity index (χ1v) is 36.2. The number of aromatic nitrogens is 12. The number of benzene rings is 7. The lowest BCUT2D eigenvalue weighted by Gasteiger charge is -2.13. The van der Waals surface area contributed by atoms with Crippen LogP contribution in [-0.2, 0) is 50.4 Å². The molecule has 0 radical (unpaired) electrons. The van der Waals surface area contributed by atoms with Gasteiger partial charge in [0.1, 0.15) is 63.5 Å². The molecule has 7 aromatic carbocycles. The number of rotatable bonds is 28. The molecule has 0 atom stereocenters. The first-order valence-electron chi connectivity index (χ1n) is 34.6. The van der Waals surface area contributed by atoms with Crippen molar-refractivity contribution in [2.24, 2.45) is 10.8 Å². The molecule has 0 bridgehead atoms. The highest BCUT2D eigenvalue weighted by Crippen LogP contribution is 2.31. The van der Waals surface area contributed by atoms with E-state index in [2.05, 4.69) is 93.0 Å². The van der Waals surface area contributed by atoms with Gasteiger partial charge < -0.3 is 53.5 Å². The fraction of sp³-hybridized carbons (Fsp3) is 0.282. The molecule has 0 unspecified atom stereocenters. The van der Waals surface area contributed by atoms with E-state index in [1.54, 1.807) is 93.8 Å². The molecule has 5 N–H and O–H groups in total. The molecule has 6 heterocycles. The van der Waals surface area contributed by atoms with Crippen LogP contribution in [0.2, 0.25) is 0 Å². The van der Waals surface area contributed by atoms with E-state index < -0.39 is 0 Å². The van der Waals surface area contributed by atoms with Crippen molar-refractivity contribution in [3.63, 3.8) is 0 Å². The Morgan fingerprint density at radius 1 is 0.533 bits per heavy atom. The van der Waals surface area contributed by atoms with Crippen LogP contribution in [0, 0.1) is 13.8 Å². The largest absolute Gasteiger partial charge is 0.497 e. The normalized spacial score (nSPS) is 11.0. The number of nitrogen functional groups attached to an aromatic ring is 1. The number of fused-ring (bicyclic) bond motifs is 3. The van der Waals surface area contributed by atoms with E-state index in [0.717, 1.165) is 75.5 Å². The maximum atomic E-state index is 12.9. The summed E-state index contributed by atoms with van der Waals surface area (Å²) in [5, 5.41) is 21.3. The zero-order chi connectivity index (χ0) is 75.4. The molecular formula is C78H88N18O9S2. The number of carbonyl (C=O) groups excluding carboxylic acids is 1. The van der Waals surface area contributed by atoms with Gasteiger partial charge in [0.05, 0.1) is 75.2 Å². The van der Waals surface area contributed by atoms with Gasteiger partial charge in [0, 0.05) is 31.5 Å². The summed E-state index contributed by atoms with van der Waals surface area (Å²) in [5.41, 5.74) is 9.96. The van der Waals surface area contributed by atoms with Crippen molar-refractivity contribution in [1.82, 2.24) is 69.9 Å². The van der Waals surface area contributed by atoms with Crippen LogP contribution >= 0.6 is 22.7 Å². The lowest BCUT2D eigenvalue weighted by atomic mass is 10.1. The van der Waals surface area contributed by atoms with Crippen molar-refractivity contribution in [3.05, 3.63) is 220 Å². The molecule has 29 heteroatoms. The number of hydrogen-bond acceptors (Lipinski definition) is 26. The second-order valence-corrected chi connectivity index (χ2v) is 25.8. The van der Waals surface area contributed by atoms with Crippen molar-refractivity contribution in [2.45, 2.75) is 86.6 Å². The van der Waals surface area contributed by atoms with Gasteiger partial charge in [-0.25, -0.2) is 30.8 Å². The lowest BCUT2D eigenvalue weighted by Crippen LogP contribution is -2.36. The Morgan fingerprint density at radius 3 is 1.60 bits per heavy atom. The van der Waals surface area contributed by atoms with Crippen LogP contribution in [0.4, 0.5) is 11.8 Å². The SMILES string of the molecule is CCN(CC)CC.COc1ccc(CN=C(NC(=O)CCc2ccc(OC)c(OC)c2)n2nnc3ccccc32)cc1.COc1ccc(CNc2nc(CCc3ccc(OC)c(OC)c3)n(-c3cc(OCc4nc5ccccc5s4)nc(C)n3)n2)cc1.Cc1nc(NN)cc(OCc2nc3ccccc3s2)n1. The highest BCUT2D eigenvalue weighted by molar-refractivity contribution is 7.18. The smallest absolute Gasteiger partial charge is 0.243 e. The maximum absolute atomic E-state index is 12.9. The van der Waals surface area contributed by atoms with Crippen molar-refractivity contribution >= 4 is 77.8 Å². The second kappa shape index (κ2) is 39.3. The maximum Gasteiger partial charge on any atom is 0.243 e. The summed E-state index contributed by atoms with van der Waals surface area (Å²) >= 11 is 3.21. The molecule has 13 aromatic rings. The van der Waals surface area contributed by atoms with Crippen LogP contribution in [0.25, 0.3) is 37.3 Å². The number of amides is 1. The zero-order valence-electron chi connectivity index (χ0n) is 61.8. The molecule has 0 saturated carbocycles. The number of methoxy groups -OCH3 is 6. The monoisotopic (exact) mass is 1480 g/mol. The van der Waals surface area contributed by atoms with Crippen molar-refractivity contribution in [1.29, 1.82) is 0 Å². The molecule has 0 aliphatic carbocycles. The van der Waals surface area contributed by atoms with Crippen LogP contribution in [0.1, 0.15) is 76.9 Å². The van der Waals surface area contributed by atoms with Crippen LogP contribution in [-0.4, -0.2) is 139 Å². The summed E-state index contributed by atoms with van der Waals surface area (Å²) in [7, 11) is 9.71. The van der Waals surface area contributed by atoms with Crippen LogP contribution in [0.5, 0.6) is 46.3 Å². The highest BCUT2D eigenvalue weighted by Gasteiger charge is 2.19. The molecule has 107 heavy (non-hydrogen) atoms. The third-order valence-corrected chi connectivity index (χ3v) is 18.5. The van der Waals surface area contributed by atoms with Gasteiger partial charge in [-0.3, -0.25) is 10.1 Å². The molecular weight excluding hydrogens is 1400 g/mol. The third-order valence-electron chi connectivity index (χ3n) is 16.5. The van der Waals surface area contributed by atoms with Crippen LogP contribution < -0.4 is 59.8 Å². The molecule has 13 rings (SSSR count). The molecule has 6 aromatic heterocycles. The van der Waals surface area contributed by atoms with Crippen LogP contribution in [0.15, 0.2) is 175 Å². The Labute approximate surface area is 629 Å². The van der Waals surface area contributed by atoms with E-state index in [0.29, 0.717) is 121 Å². The molecule has 0 aliphatic heterocycles. The molecule has 0 saturated heterocycles. The standard InChI is InChI=1S/C33H33N7O4S.C26H27N5O4.C13H13N5OS.C6H15N/c1-21-35-30(18-31(36-21)44-20-32-37-25-7-5-6-8-28(25)45-32)40-29(16-12-22-11-15-26(42-3)27(17-22)43-4)38-33(39-40)34-19-23-9-13-24(41-2)14-10-23;1-33-20-12-8-19(9-13-20)17-27-26(31-22-7-5-4-6-21(22)29-30-31)28-25(32)15-11-18-10-14-23(34-2)24(16-18)35-3;1-8-15-11(18-14)6-12(16-8)19-7-13-17-9-4-2-3-5-10(9)20-13;1-4-7(5-2)6-3/h5-11,13-15,17-18H,12,16,19-20H2,1-4H3,(H,34,39);4-10,12-14,16H,11,15,17H2,1-3H3,(H,27,28,32);2-6H,7,14H2,1H3,(H,15,16,18);4-6H2,1-3H3. The number of aliphatic imine (C=N–C) groups is 1. The van der Waals surface area contributed by atoms with Crippen molar-refractivity contribution in [3.8, 4) is 52.1 Å². The van der Waals surface area contributed by atoms with E-state index in [9.17, 15) is 4.79 Å². The molecule has 0 fully saturated rings. The van der Waals surface area contributed by atoms with Crippen LogP contribution in [0.3, 0.4) is 0 Å². The Bertz CT molecular complexity index is 4960. The van der Waals surface area contributed by atoms with Gasteiger partial charge in [0.15, 0.2) is 28.8 Å². The van der Waals surface area contributed by atoms with Gasteiger partial charge in [-0.15, -0.1) is 32.9 Å². The molecule has 0 aliphatic rings. The predicted molar refractivity (Wildman–Crippen MR) is 418 cm³/mol. The number of nitrogens with zero attached hydrogens (tertiary/aromatic N) is 14. The number of nitrogens with two attached hydrogens (primary N) is 1. The first kappa shape index (κ1) is 77.7. The van der Waals surface area contributed by atoms with Gasteiger partial charge in [-0.1, -0.05) is 98.8 Å². The minimum absolute atomic E-state index is 0.187. The summed E-state index contributed by atoms with van der Waals surface area (Å²) in [6.45, 7) is 15.3. The summed E-state index contributed by atoms with van der Waals surface area (Å²) in [6, 6.07) is 54.0.